The largest absolute Gasteiger partial charge is 0.508 e. The average molecular weight is 611 g/mol. The third-order valence-electron chi connectivity index (χ3n) is 8.09. The van der Waals surface area contributed by atoms with Crippen molar-refractivity contribution in [2.24, 2.45) is 0 Å². The smallest absolute Gasteiger partial charge is 0.224 e. The predicted octanol–water partition coefficient (Wildman–Crippen LogP) is 6.72. The van der Waals surface area contributed by atoms with Crippen LogP contribution in [0.4, 0.5) is 0 Å². The molecule has 0 aliphatic heterocycles. The summed E-state index contributed by atoms with van der Waals surface area (Å²) in [7, 11) is -2.10. The molecule has 0 aliphatic rings. The maximum atomic E-state index is 12.6. The minimum Gasteiger partial charge on any atom is -0.508 e. The van der Waals surface area contributed by atoms with Crippen molar-refractivity contribution < 1.29 is 19.4 Å². The van der Waals surface area contributed by atoms with E-state index in [0.717, 1.165) is 35.1 Å². The van der Waals surface area contributed by atoms with Crippen molar-refractivity contribution in [1.82, 2.24) is 10.6 Å². The van der Waals surface area contributed by atoms with Gasteiger partial charge in [0.05, 0.1) is 19.1 Å². The molecule has 0 bridgehead atoms. The van der Waals surface area contributed by atoms with E-state index in [9.17, 15) is 15.0 Å². The topological polar surface area (TPSA) is 90.8 Å². The maximum absolute atomic E-state index is 12.6. The Morgan fingerprint density at radius 2 is 1.69 bits per heavy atom. The lowest BCUT2D eigenvalue weighted by molar-refractivity contribution is -0.120. The highest BCUT2D eigenvalue weighted by molar-refractivity contribution is 6.74. The number of hydrogen-bond donors (Lipinski definition) is 4. The molecular formula is C34H47ClN2O4Si. The van der Waals surface area contributed by atoms with E-state index < -0.39 is 8.32 Å². The number of nitrogens with one attached hydrogen (secondary N) is 2. The molecule has 1 amide bonds. The Bertz CT molecular complexity index is 1310. The first-order valence-corrected chi connectivity index (χ1v) is 18.0. The number of benzene rings is 3. The van der Waals surface area contributed by atoms with Crippen LogP contribution in [0, 0.1) is 0 Å². The number of amides is 1. The van der Waals surface area contributed by atoms with Crippen LogP contribution in [-0.2, 0) is 35.1 Å². The van der Waals surface area contributed by atoms with Crippen molar-refractivity contribution in [1.29, 1.82) is 0 Å². The molecular weight excluding hydrogens is 564 g/mol. The van der Waals surface area contributed by atoms with Gasteiger partial charge in [-0.15, -0.1) is 0 Å². The standard InChI is InChI=1S/C34H47ClN2O4Si/c1-24(37-22-32(41-42(5,6)34(2,3)4)28-12-15-31(39)29(21-28)23-38)18-26-8-7-9-27(19-26)20-33(40)36-17-16-25-10-13-30(35)14-11-25/h7-15,19,21,24,32,37-39H,16-18,20,22-23H2,1-6H3,(H,36,40)/t24-,32-/m1/s1. The van der Waals surface area contributed by atoms with Gasteiger partial charge in [0.25, 0.3) is 0 Å². The Kier molecular flexibility index (Phi) is 12.2. The third kappa shape index (κ3) is 10.2. The summed E-state index contributed by atoms with van der Waals surface area (Å²) in [5, 5.41) is 27.2. The molecule has 42 heavy (non-hydrogen) atoms. The Morgan fingerprint density at radius 1 is 1.00 bits per heavy atom. The minimum atomic E-state index is -2.10. The van der Waals surface area contributed by atoms with E-state index in [1.807, 2.05) is 48.5 Å². The van der Waals surface area contributed by atoms with Crippen LogP contribution in [0.25, 0.3) is 0 Å². The van der Waals surface area contributed by atoms with E-state index in [0.29, 0.717) is 30.1 Å². The van der Waals surface area contributed by atoms with Crippen LogP contribution in [0.3, 0.4) is 0 Å². The second kappa shape index (κ2) is 15.2. The molecule has 0 unspecified atom stereocenters. The molecule has 0 aromatic heterocycles. The van der Waals surface area contributed by atoms with Crippen LogP contribution >= 0.6 is 11.6 Å². The van der Waals surface area contributed by atoms with Crippen molar-refractivity contribution in [2.45, 2.75) is 83.8 Å². The molecule has 0 spiro atoms. The second-order valence-corrected chi connectivity index (χ2v) is 17.8. The first kappa shape index (κ1) is 33.8. The zero-order valence-corrected chi connectivity index (χ0v) is 27.6. The van der Waals surface area contributed by atoms with Gasteiger partial charge in [0.15, 0.2) is 8.32 Å². The van der Waals surface area contributed by atoms with Crippen LogP contribution in [0.15, 0.2) is 66.7 Å². The number of carbonyl (C=O) groups is 1. The van der Waals surface area contributed by atoms with E-state index in [-0.39, 0.29) is 35.4 Å². The minimum absolute atomic E-state index is 0.00838. The molecule has 0 radical (unpaired) electrons. The van der Waals surface area contributed by atoms with Crippen LogP contribution in [-0.4, -0.2) is 43.6 Å². The summed E-state index contributed by atoms with van der Waals surface area (Å²) < 4.78 is 6.82. The van der Waals surface area contributed by atoms with E-state index >= 15 is 0 Å². The Hall–Kier alpha value is -2.68. The second-order valence-electron chi connectivity index (χ2n) is 12.6. The highest BCUT2D eigenvalue weighted by Crippen LogP contribution is 2.40. The first-order chi connectivity index (χ1) is 19.8. The zero-order chi connectivity index (χ0) is 30.9. The fourth-order valence-electron chi connectivity index (χ4n) is 4.54. The van der Waals surface area contributed by atoms with E-state index in [1.165, 1.54) is 0 Å². The molecule has 3 aromatic carbocycles. The molecule has 8 heteroatoms. The number of phenols is 1. The summed E-state index contributed by atoms with van der Waals surface area (Å²) in [5.74, 6) is 0.0952. The predicted molar refractivity (Wildman–Crippen MR) is 175 cm³/mol. The van der Waals surface area contributed by atoms with Gasteiger partial charge in [0.1, 0.15) is 5.75 Å². The summed E-state index contributed by atoms with van der Waals surface area (Å²) >= 11 is 5.95. The molecule has 3 rings (SSSR count). The average Bonchev–Trinajstić information content (AvgIpc) is 2.92. The number of hydrogen-bond acceptors (Lipinski definition) is 5. The van der Waals surface area contributed by atoms with Crippen molar-refractivity contribution in [3.63, 3.8) is 0 Å². The van der Waals surface area contributed by atoms with E-state index in [2.05, 4.69) is 63.6 Å². The van der Waals surface area contributed by atoms with Crippen molar-refractivity contribution in [3.05, 3.63) is 99.6 Å². The van der Waals surface area contributed by atoms with Gasteiger partial charge in [-0.1, -0.05) is 74.8 Å². The number of halogens is 1. The van der Waals surface area contributed by atoms with Crippen molar-refractivity contribution in [3.8, 4) is 5.75 Å². The summed E-state index contributed by atoms with van der Waals surface area (Å²) in [6.07, 6.45) is 1.68. The fourth-order valence-corrected chi connectivity index (χ4v) is 5.95. The molecule has 0 aliphatic carbocycles. The van der Waals surface area contributed by atoms with Gasteiger partial charge >= 0.3 is 0 Å². The van der Waals surface area contributed by atoms with Gasteiger partial charge in [-0.05, 0) is 84.4 Å². The molecule has 4 N–H and O–H groups in total. The Labute approximate surface area is 257 Å². The molecule has 0 fully saturated rings. The lowest BCUT2D eigenvalue weighted by Crippen LogP contribution is -2.44. The monoisotopic (exact) mass is 610 g/mol. The fraction of sp³-hybridized carbons (Fsp3) is 0.441. The SMILES string of the molecule is C[C@H](Cc1cccc(CC(=O)NCCc2ccc(Cl)cc2)c1)NC[C@@H](O[Si](C)(C)C(C)(C)C)c1ccc(O)c(CO)c1. The van der Waals surface area contributed by atoms with Crippen LogP contribution in [0.1, 0.15) is 61.6 Å². The quantitative estimate of drug-likeness (QED) is 0.152. The van der Waals surface area contributed by atoms with Crippen LogP contribution < -0.4 is 10.6 Å². The van der Waals surface area contributed by atoms with Gasteiger partial charge in [-0.3, -0.25) is 4.79 Å². The van der Waals surface area contributed by atoms with E-state index in [4.69, 9.17) is 16.0 Å². The normalized spacial score (nSPS) is 13.5. The van der Waals surface area contributed by atoms with Crippen molar-refractivity contribution in [2.75, 3.05) is 13.1 Å². The molecule has 0 saturated carbocycles. The van der Waals surface area contributed by atoms with Gasteiger partial charge in [-0.2, -0.15) is 0 Å². The van der Waals surface area contributed by atoms with Gasteiger partial charge < -0.3 is 25.3 Å². The zero-order valence-electron chi connectivity index (χ0n) is 25.8. The lowest BCUT2D eigenvalue weighted by atomic mass is 10.0. The molecule has 3 aromatic rings. The van der Waals surface area contributed by atoms with Gasteiger partial charge in [-0.25, -0.2) is 0 Å². The number of aromatic hydroxyl groups is 1. The summed E-state index contributed by atoms with van der Waals surface area (Å²) in [5.41, 5.74) is 4.72. The number of aliphatic hydroxyl groups is 1. The van der Waals surface area contributed by atoms with Gasteiger partial charge in [0.2, 0.25) is 5.91 Å². The number of aliphatic hydroxyl groups excluding tert-OH is 1. The van der Waals surface area contributed by atoms with E-state index in [1.54, 1.807) is 6.07 Å². The Morgan fingerprint density at radius 3 is 2.36 bits per heavy atom. The summed E-state index contributed by atoms with van der Waals surface area (Å²) in [6, 6.07) is 21.4. The molecule has 6 nitrogen and oxygen atoms in total. The van der Waals surface area contributed by atoms with Gasteiger partial charge in [0, 0.05) is 29.7 Å². The summed E-state index contributed by atoms with van der Waals surface area (Å²) in [6.45, 7) is 14.2. The third-order valence-corrected chi connectivity index (χ3v) is 12.8. The highest BCUT2D eigenvalue weighted by atomic mass is 35.5. The highest BCUT2D eigenvalue weighted by Gasteiger charge is 2.39. The van der Waals surface area contributed by atoms with Crippen molar-refractivity contribution >= 4 is 25.8 Å². The summed E-state index contributed by atoms with van der Waals surface area (Å²) in [4.78, 5) is 12.6. The molecule has 228 valence electrons. The molecule has 0 saturated heterocycles. The van der Waals surface area contributed by atoms with Crippen LogP contribution in [0.2, 0.25) is 23.2 Å². The first-order valence-electron chi connectivity index (χ1n) is 14.7. The number of carbonyl (C=O) groups excluding carboxylic acids is 1. The number of rotatable bonds is 14. The van der Waals surface area contributed by atoms with Crippen LogP contribution in [0.5, 0.6) is 5.75 Å². The molecule has 0 heterocycles. The lowest BCUT2D eigenvalue weighted by Gasteiger charge is -2.40. The maximum Gasteiger partial charge on any atom is 0.224 e. The molecule has 2 atom stereocenters. The Balaban J connectivity index is 1.58.